The van der Waals surface area contributed by atoms with Gasteiger partial charge in [0.05, 0.1) is 4.90 Å². The lowest BCUT2D eigenvalue weighted by atomic mass is 10.2. The summed E-state index contributed by atoms with van der Waals surface area (Å²) >= 11 is 1.17. The molecule has 0 unspecified atom stereocenters. The van der Waals surface area contributed by atoms with E-state index in [4.69, 9.17) is 0 Å². The summed E-state index contributed by atoms with van der Waals surface area (Å²) in [4.78, 5) is 18.6. The predicted octanol–water partition coefficient (Wildman–Crippen LogP) is 4.01. The van der Waals surface area contributed by atoms with Crippen LogP contribution < -0.4 is 5.32 Å². The lowest BCUT2D eigenvalue weighted by molar-refractivity contribution is 0.102. The highest BCUT2D eigenvalue weighted by Gasteiger charge is 2.20. The number of amidine groups is 1. The summed E-state index contributed by atoms with van der Waals surface area (Å²) < 4.78 is 42.9. The van der Waals surface area contributed by atoms with Gasteiger partial charge in [-0.05, 0) is 42.8 Å². The number of hydrogen-bond acceptors (Lipinski definition) is 5. The molecule has 1 saturated heterocycles. The fourth-order valence-electron chi connectivity index (χ4n) is 3.14. The van der Waals surface area contributed by atoms with Crippen LogP contribution in [-0.4, -0.2) is 43.6 Å². The van der Waals surface area contributed by atoms with E-state index in [-0.39, 0.29) is 10.6 Å². The number of aromatic nitrogens is 1. The molecule has 1 aliphatic rings. The molecule has 2 heterocycles. The standard InChI is InChI=1S/C21H19FN4O3S2/c1-26-12-4-7-19(26)25-31(28,29)15-10-8-14(9-11-15)23-20(27)18-13-30-21(24-18)16-5-2-3-6-17(16)22/h2-3,5-6,8-11,13H,4,7,12H2,1H3,(H,23,27)/b25-19-. The number of benzene rings is 2. The van der Waals surface area contributed by atoms with Gasteiger partial charge in [-0.3, -0.25) is 4.79 Å². The molecule has 0 bridgehead atoms. The summed E-state index contributed by atoms with van der Waals surface area (Å²) in [6.07, 6.45) is 1.51. The van der Waals surface area contributed by atoms with Crippen LogP contribution in [0.5, 0.6) is 0 Å². The van der Waals surface area contributed by atoms with Gasteiger partial charge in [0.25, 0.3) is 15.9 Å². The van der Waals surface area contributed by atoms with Crippen LogP contribution in [0.25, 0.3) is 10.6 Å². The van der Waals surface area contributed by atoms with Gasteiger partial charge in [-0.1, -0.05) is 12.1 Å². The van der Waals surface area contributed by atoms with E-state index in [0.717, 1.165) is 13.0 Å². The van der Waals surface area contributed by atoms with Gasteiger partial charge in [-0.25, -0.2) is 9.37 Å². The van der Waals surface area contributed by atoms with E-state index in [1.165, 1.54) is 41.7 Å². The Bertz CT molecular complexity index is 1250. The smallest absolute Gasteiger partial charge is 0.283 e. The molecule has 1 N–H and O–H groups in total. The number of carbonyl (C=O) groups excluding carboxylic acids is 1. The quantitative estimate of drug-likeness (QED) is 0.624. The third kappa shape index (κ3) is 4.64. The maximum absolute atomic E-state index is 13.9. The number of amides is 1. The normalized spacial score (nSPS) is 15.4. The topological polar surface area (TPSA) is 91.7 Å². The van der Waals surface area contributed by atoms with Crippen molar-refractivity contribution >= 4 is 38.8 Å². The molecule has 0 atom stereocenters. The summed E-state index contributed by atoms with van der Waals surface area (Å²) in [5.74, 6) is -0.332. The Morgan fingerprint density at radius 1 is 1.19 bits per heavy atom. The van der Waals surface area contributed by atoms with E-state index in [1.54, 1.807) is 23.6 Å². The first-order chi connectivity index (χ1) is 14.8. The maximum Gasteiger partial charge on any atom is 0.283 e. The summed E-state index contributed by atoms with van der Waals surface area (Å²) in [7, 11) is -2.00. The Balaban J connectivity index is 1.47. The van der Waals surface area contributed by atoms with Crippen LogP contribution in [0.3, 0.4) is 0 Å². The summed E-state index contributed by atoms with van der Waals surface area (Å²) in [6.45, 7) is 0.786. The monoisotopic (exact) mass is 458 g/mol. The van der Waals surface area contributed by atoms with Crippen molar-refractivity contribution in [2.45, 2.75) is 17.7 Å². The third-order valence-corrected chi connectivity index (χ3v) is 7.01. The molecule has 160 valence electrons. The minimum Gasteiger partial charge on any atom is -0.362 e. The van der Waals surface area contributed by atoms with Crippen molar-refractivity contribution in [3.8, 4) is 10.6 Å². The molecule has 1 aromatic heterocycles. The Kier molecular flexibility index (Phi) is 5.84. The Hall–Kier alpha value is -3.11. The number of nitrogens with one attached hydrogen (secondary N) is 1. The van der Waals surface area contributed by atoms with Gasteiger partial charge in [0.15, 0.2) is 0 Å². The second-order valence-corrected chi connectivity index (χ2v) is 9.47. The van der Waals surface area contributed by atoms with Crippen LogP contribution in [0.15, 0.2) is 63.2 Å². The number of hydrogen-bond donors (Lipinski definition) is 1. The lowest BCUT2D eigenvalue weighted by Gasteiger charge is -2.11. The fraction of sp³-hybridized carbons (Fsp3) is 0.190. The maximum atomic E-state index is 13.9. The lowest BCUT2D eigenvalue weighted by Crippen LogP contribution is -2.20. The number of rotatable bonds is 5. The molecule has 3 aromatic rings. The van der Waals surface area contributed by atoms with Gasteiger partial charge >= 0.3 is 0 Å². The number of anilines is 1. The highest BCUT2D eigenvalue weighted by Crippen LogP contribution is 2.26. The molecule has 7 nitrogen and oxygen atoms in total. The van der Waals surface area contributed by atoms with E-state index < -0.39 is 21.7 Å². The zero-order valence-electron chi connectivity index (χ0n) is 16.6. The van der Waals surface area contributed by atoms with Gasteiger partial charge in [-0.2, -0.15) is 8.42 Å². The average Bonchev–Trinajstić information content (AvgIpc) is 3.38. The van der Waals surface area contributed by atoms with Crippen molar-refractivity contribution in [2.75, 3.05) is 18.9 Å². The number of halogens is 1. The van der Waals surface area contributed by atoms with Crippen LogP contribution >= 0.6 is 11.3 Å². The Morgan fingerprint density at radius 2 is 1.94 bits per heavy atom. The second-order valence-electron chi connectivity index (χ2n) is 7.00. The molecular formula is C21H19FN4O3S2. The molecule has 31 heavy (non-hydrogen) atoms. The molecular weight excluding hydrogens is 439 g/mol. The van der Waals surface area contributed by atoms with Crippen LogP contribution in [0.1, 0.15) is 23.3 Å². The van der Waals surface area contributed by atoms with Crippen molar-refractivity contribution in [3.05, 3.63) is 65.4 Å². The number of carbonyl (C=O) groups is 1. The van der Waals surface area contributed by atoms with Crippen molar-refractivity contribution in [1.82, 2.24) is 9.88 Å². The Morgan fingerprint density at radius 3 is 2.61 bits per heavy atom. The van der Waals surface area contributed by atoms with Crippen molar-refractivity contribution in [3.63, 3.8) is 0 Å². The molecule has 1 aliphatic heterocycles. The molecule has 4 rings (SSSR count). The first-order valence-electron chi connectivity index (χ1n) is 9.50. The first-order valence-corrected chi connectivity index (χ1v) is 11.8. The fourth-order valence-corrected chi connectivity index (χ4v) is 5.06. The van der Waals surface area contributed by atoms with Crippen molar-refractivity contribution < 1.29 is 17.6 Å². The highest BCUT2D eigenvalue weighted by molar-refractivity contribution is 7.90. The first kappa shape index (κ1) is 21.1. The highest BCUT2D eigenvalue weighted by atomic mass is 32.2. The minimum absolute atomic E-state index is 0.0498. The van der Waals surface area contributed by atoms with Crippen LogP contribution in [0.4, 0.5) is 10.1 Å². The number of nitrogens with zero attached hydrogens (tertiary/aromatic N) is 3. The van der Waals surface area contributed by atoms with Crippen molar-refractivity contribution in [2.24, 2.45) is 4.40 Å². The second kappa shape index (κ2) is 8.56. The van der Waals surface area contributed by atoms with E-state index in [0.29, 0.717) is 28.5 Å². The molecule has 10 heteroatoms. The molecule has 0 aliphatic carbocycles. The van der Waals surface area contributed by atoms with Gasteiger partial charge < -0.3 is 10.2 Å². The Labute approximate surface area is 183 Å². The largest absolute Gasteiger partial charge is 0.362 e. The van der Waals surface area contributed by atoms with E-state index in [1.807, 2.05) is 11.9 Å². The van der Waals surface area contributed by atoms with Crippen LogP contribution in [0, 0.1) is 5.82 Å². The van der Waals surface area contributed by atoms with Gasteiger partial charge in [0.2, 0.25) is 0 Å². The van der Waals surface area contributed by atoms with E-state index in [2.05, 4.69) is 14.7 Å². The van der Waals surface area contributed by atoms with E-state index in [9.17, 15) is 17.6 Å². The third-order valence-electron chi connectivity index (χ3n) is 4.81. The number of likely N-dealkylation sites (tertiary alicyclic amines) is 1. The van der Waals surface area contributed by atoms with Gasteiger partial charge in [0, 0.05) is 36.6 Å². The molecule has 0 spiro atoms. The molecule has 0 radical (unpaired) electrons. The van der Waals surface area contributed by atoms with E-state index >= 15 is 0 Å². The van der Waals surface area contributed by atoms with Crippen molar-refractivity contribution in [1.29, 1.82) is 0 Å². The average molecular weight is 459 g/mol. The number of sulfonamides is 1. The summed E-state index contributed by atoms with van der Waals surface area (Å²) in [5.41, 5.74) is 0.890. The molecule has 2 aromatic carbocycles. The van der Waals surface area contributed by atoms with Gasteiger partial charge in [0.1, 0.15) is 22.4 Å². The number of thiazole rings is 1. The predicted molar refractivity (Wildman–Crippen MR) is 118 cm³/mol. The molecule has 1 amide bonds. The molecule has 0 saturated carbocycles. The summed E-state index contributed by atoms with van der Waals surface area (Å²) in [6, 6.07) is 12.0. The minimum atomic E-state index is -3.82. The van der Waals surface area contributed by atoms with Crippen LogP contribution in [0.2, 0.25) is 0 Å². The summed E-state index contributed by atoms with van der Waals surface area (Å²) in [5, 5.41) is 4.62. The SMILES string of the molecule is CN1CCC/C1=N/S(=O)(=O)c1ccc(NC(=O)c2csc(-c3ccccc3F)n2)cc1. The molecule has 1 fully saturated rings. The zero-order valence-corrected chi connectivity index (χ0v) is 18.2. The zero-order chi connectivity index (χ0) is 22.0. The van der Waals surface area contributed by atoms with Gasteiger partial charge in [-0.15, -0.1) is 15.7 Å². The van der Waals surface area contributed by atoms with Crippen LogP contribution in [-0.2, 0) is 10.0 Å².